The number of amides is 1. The zero-order valence-corrected chi connectivity index (χ0v) is 19.7. The van der Waals surface area contributed by atoms with Crippen LogP contribution in [0, 0.1) is 0 Å². The van der Waals surface area contributed by atoms with Crippen molar-refractivity contribution in [2.24, 2.45) is 0 Å². The number of ether oxygens (including phenoxy) is 3. The molecule has 0 bridgehead atoms. The fraction of sp³-hybridized carbons (Fsp3) is 0.192. The van der Waals surface area contributed by atoms with Gasteiger partial charge in [-0.1, -0.05) is 24.3 Å². The molecule has 4 rings (SSSR count). The Kier molecular flexibility index (Phi) is 7.15. The summed E-state index contributed by atoms with van der Waals surface area (Å²) in [7, 11) is 4.68. The topological polar surface area (TPSA) is 104 Å². The molecule has 0 spiro atoms. The number of rotatable bonds is 9. The smallest absolute Gasteiger partial charge is 0.350 e. The van der Waals surface area contributed by atoms with Crippen LogP contribution in [0.3, 0.4) is 0 Å². The van der Waals surface area contributed by atoms with E-state index < -0.39 is 5.69 Å². The Balaban J connectivity index is 1.56. The van der Waals surface area contributed by atoms with E-state index >= 15 is 0 Å². The van der Waals surface area contributed by atoms with Gasteiger partial charge in [-0.2, -0.15) is 4.98 Å². The van der Waals surface area contributed by atoms with Crippen molar-refractivity contribution < 1.29 is 19.0 Å². The molecule has 9 heteroatoms. The standard InChI is InChI=1S/C26H26N4O5/c1-33-19-10-8-17(9-11-19)15-27-25-22-6-4-5-7-23(22)30(26(32)29-25)16-24(31)28-18-12-20(34-2)14-21(13-18)35-3/h4-14H,15-16H2,1-3H3,(H,28,31)(H,27,29,32). The first-order chi connectivity index (χ1) is 17.0. The number of nitrogens with zero attached hydrogens (tertiary/aromatic N) is 2. The Bertz CT molecular complexity index is 1380. The normalized spacial score (nSPS) is 10.6. The van der Waals surface area contributed by atoms with E-state index in [1.165, 1.54) is 18.8 Å². The maximum absolute atomic E-state index is 12.9. The molecule has 0 saturated heterocycles. The lowest BCUT2D eigenvalue weighted by molar-refractivity contribution is -0.116. The number of carbonyl (C=O) groups excluding carboxylic acids is 1. The second-order valence-corrected chi connectivity index (χ2v) is 7.70. The summed E-state index contributed by atoms with van der Waals surface area (Å²) in [5.41, 5.74) is 1.57. The fourth-order valence-electron chi connectivity index (χ4n) is 3.67. The van der Waals surface area contributed by atoms with Crippen molar-refractivity contribution in [2.75, 3.05) is 32.0 Å². The largest absolute Gasteiger partial charge is 0.497 e. The van der Waals surface area contributed by atoms with E-state index in [1.54, 1.807) is 31.4 Å². The number of methoxy groups -OCH3 is 3. The summed E-state index contributed by atoms with van der Waals surface area (Å²) < 4.78 is 17.0. The fourth-order valence-corrected chi connectivity index (χ4v) is 3.67. The average Bonchev–Trinajstić information content (AvgIpc) is 2.89. The van der Waals surface area contributed by atoms with Gasteiger partial charge in [0, 0.05) is 35.8 Å². The highest BCUT2D eigenvalue weighted by Gasteiger charge is 2.14. The highest BCUT2D eigenvalue weighted by atomic mass is 16.5. The van der Waals surface area contributed by atoms with Crippen molar-refractivity contribution in [2.45, 2.75) is 13.1 Å². The van der Waals surface area contributed by atoms with Gasteiger partial charge < -0.3 is 24.8 Å². The predicted molar refractivity (Wildman–Crippen MR) is 134 cm³/mol. The Morgan fingerprint density at radius 2 is 1.54 bits per heavy atom. The summed E-state index contributed by atoms with van der Waals surface area (Å²) in [6.07, 6.45) is 0. The number of fused-ring (bicyclic) bond motifs is 1. The first-order valence-corrected chi connectivity index (χ1v) is 10.9. The predicted octanol–water partition coefficient (Wildman–Crippen LogP) is 3.67. The van der Waals surface area contributed by atoms with Crippen LogP contribution in [0.15, 0.2) is 71.5 Å². The molecule has 0 fully saturated rings. The molecule has 1 amide bonds. The Morgan fingerprint density at radius 1 is 0.886 bits per heavy atom. The van der Waals surface area contributed by atoms with E-state index in [0.29, 0.717) is 35.1 Å². The van der Waals surface area contributed by atoms with Crippen LogP contribution in [-0.2, 0) is 17.9 Å². The summed E-state index contributed by atoms with van der Waals surface area (Å²) in [6, 6.07) is 20.0. The molecule has 9 nitrogen and oxygen atoms in total. The molecule has 1 aromatic heterocycles. The van der Waals surface area contributed by atoms with Crippen LogP contribution in [0.2, 0.25) is 0 Å². The van der Waals surface area contributed by atoms with E-state index in [1.807, 2.05) is 42.5 Å². The quantitative estimate of drug-likeness (QED) is 0.381. The Hall–Kier alpha value is -4.53. The molecule has 1 heterocycles. The molecule has 35 heavy (non-hydrogen) atoms. The monoisotopic (exact) mass is 474 g/mol. The summed E-state index contributed by atoms with van der Waals surface area (Å²) in [6.45, 7) is 0.271. The van der Waals surface area contributed by atoms with Gasteiger partial charge in [-0.25, -0.2) is 4.79 Å². The number of para-hydroxylation sites is 1. The number of carbonyl (C=O) groups is 1. The SMILES string of the molecule is COc1ccc(CNc2nc(=O)n(CC(=O)Nc3cc(OC)cc(OC)c3)c3ccccc23)cc1. The third-order valence-electron chi connectivity index (χ3n) is 5.44. The maximum Gasteiger partial charge on any atom is 0.350 e. The van der Waals surface area contributed by atoms with Crippen LogP contribution in [0.1, 0.15) is 5.56 Å². The minimum Gasteiger partial charge on any atom is -0.497 e. The molecule has 0 unspecified atom stereocenters. The van der Waals surface area contributed by atoms with Crippen molar-refractivity contribution in [3.8, 4) is 17.2 Å². The van der Waals surface area contributed by atoms with Crippen molar-refractivity contribution in [1.82, 2.24) is 9.55 Å². The highest BCUT2D eigenvalue weighted by Crippen LogP contribution is 2.26. The highest BCUT2D eigenvalue weighted by molar-refractivity contribution is 5.94. The molecule has 2 N–H and O–H groups in total. The number of aromatic nitrogens is 2. The summed E-state index contributed by atoms with van der Waals surface area (Å²) in [5.74, 6) is 1.92. The van der Waals surface area contributed by atoms with Crippen molar-refractivity contribution in [3.63, 3.8) is 0 Å². The Morgan fingerprint density at radius 3 is 2.20 bits per heavy atom. The van der Waals surface area contributed by atoms with Crippen LogP contribution in [0.25, 0.3) is 10.9 Å². The first kappa shape index (κ1) is 23.6. The lowest BCUT2D eigenvalue weighted by atomic mass is 10.2. The van der Waals surface area contributed by atoms with E-state index in [0.717, 1.165) is 16.7 Å². The second kappa shape index (κ2) is 10.6. The molecule has 0 atom stereocenters. The average molecular weight is 475 g/mol. The minimum atomic E-state index is -0.528. The summed E-state index contributed by atoms with van der Waals surface area (Å²) >= 11 is 0. The molecule has 0 aliphatic heterocycles. The summed E-state index contributed by atoms with van der Waals surface area (Å²) in [4.78, 5) is 29.9. The zero-order valence-electron chi connectivity index (χ0n) is 19.7. The molecule has 0 radical (unpaired) electrons. The van der Waals surface area contributed by atoms with Crippen LogP contribution in [0.4, 0.5) is 11.5 Å². The van der Waals surface area contributed by atoms with Gasteiger partial charge in [0.15, 0.2) is 0 Å². The van der Waals surface area contributed by atoms with E-state index in [4.69, 9.17) is 14.2 Å². The van der Waals surface area contributed by atoms with Crippen LogP contribution in [-0.4, -0.2) is 36.8 Å². The molecular formula is C26H26N4O5. The minimum absolute atomic E-state index is 0.204. The molecular weight excluding hydrogens is 448 g/mol. The maximum atomic E-state index is 12.9. The molecule has 3 aromatic carbocycles. The van der Waals surface area contributed by atoms with Crippen molar-refractivity contribution in [3.05, 3.63) is 82.8 Å². The number of nitrogens with one attached hydrogen (secondary N) is 2. The Labute approximate surface area is 202 Å². The number of benzene rings is 3. The van der Waals surface area contributed by atoms with E-state index in [-0.39, 0.29) is 12.5 Å². The number of hydrogen-bond donors (Lipinski definition) is 2. The van der Waals surface area contributed by atoms with Gasteiger partial charge in [0.25, 0.3) is 0 Å². The number of anilines is 2. The molecule has 0 aliphatic carbocycles. The third-order valence-corrected chi connectivity index (χ3v) is 5.44. The second-order valence-electron chi connectivity index (χ2n) is 7.70. The molecule has 180 valence electrons. The van der Waals surface area contributed by atoms with Crippen molar-refractivity contribution >= 4 is 28.3 Å². The van der Waals surface area contributed by atoms with Gasteiger partial charge >= 0.3 is 5.69 Å². The number of hydrogen-bond acceptors (Lipinski definition) is 7. The van der Waals surface area contributed by atoms with Crippen molar-refractivity contribution in [1.29, 1.82) is 0 Å². The van der Waals surface area contributed by atoms with Crippen LogP contribution in [0.5, 0.6) is 17.2 Å². The molecule has 0 saturated carbocycles. The zero-order chi connectivity index (χ0) is 24.8. The third kappa shape index (κ3) is 5.52. The summed E-state index contributed by atoms with van der Waals surface area (Å²) in [5, 5.41) is 6.76. The van der Waals surface area contributed by atoms with Gasteiger partial charge in [-0.15, -0.1) is 0 Å². The van der Waals surface area contributed by atoms with Gasteiger partial charge in [-0.05, 0) is 29.8 Å². The first-order valence-electron chi connectivity index (χ1n) is 10.9. The lowest BCUT2D eigenvalue weighted by Gasteiger charge is -2.14. The van der Waals surface area contributed by atoms with E-state index in [2.05, 4.69) is 15.6 Å². The van der Waals surface area contributed by atoms with Crippen LogP contribution < -0.4 is 30.5 Å². The van der Waals surface area contributed by atoms with Gasteiger partial charge in [-0.3, -0.25) is 9.36 Å². The van der Waals surface area contributed by atoms with Crippen LogP contribution >= 0.6 is 0 Å². The van der Waals surface area contributed by atoms with Gasteiger partial charge in [0.2, 0.25) is 5.91 Å². The van der Waals surface area contributed by atoms with E-state index in [9.17, 15) is 9.59 Å². The molecule has 4 aromatic rings. The molecule has 0 aliphatic rings. The van der Waals surface area contributed by atoms with Gasteiger partial charge in [0.1, 0.15) is 29.6 Å². The van der Waals surface area contributed by atoms with Gasteiger partial charge in [0.05, 0.1) is 26.8 Å². The lowest BCUT2D eigenvalue weighted by Crippen LogP contribution is -2.30.